The first-order valence-corrected chi connectivity index (χ1v) is 8.95. The Labute approximate surface area is 141 Å². The van der Waals surface area contributed by atoms with E-state index in [2.05, 4.69) is 10.0 Å². The Morgan fingerprint density at radius 3 is 2.46 bits per heavy atom. The van der Waals surface area contributed by atoms with E-state index in [-0.39, 0.29) is 11.4 Å². The monoisotopic (exact) mass is 348 g/mol. The average Bonchev–Trinajstić information content (AvgIpc) is 2.60. The Hall–Kier alpha value is -2.38. The highest BCUT2D eigenvalue weighted by atomic mass is 32.2. The van der Waals surface area contributed by atoms with E-state index in [4.69, 9.17) is 4.74 Å². The van der Waals surface area contributed by atoms with Crippen LogP contribution in [-0.4, -0.2) is 28.0 Å². The molecule has 0 aliphatic heterocycles. The molecule has 7 heteroatoms. The van der Waals surface area contributed by atoms with Gasteiger partial charge in [-0.05, 0) is 36.2 Å². The van der Waals surface area contributed by atoms with Crippen LogP contribution in [0.5, 0.6) is 5.75 Å². The Balaban J connectivity index is 1.96. The van der Waals surface area contributed by atoms with Crippen molar-refractivity contribution in [3.8, 4) is 5.75 Å². The van der Waals surface area contributed by atoms with Gasteiger partial charge in [0.2, 0.25) is 15.9 Å². The van der Waals surface area contributed by atoms with Gasteiger partial charge in [-0.2, -0.15) is 0 Å². The molecule has 24 heavy (non-hydrogen) atoms. The lowest BCUT2D eigenvalue weighted by atomic mass is 10.2. The van der Waals surface area contributed by atoms with Crippen molar-refractivity contribution in [2.24, 2.45) is 0 Å². The van der Waals surface area contributed by atoms with Gasteiger partial charge in [-0.1, -0.05) is 25.1 Å². The summed E-state index contributed by atoms with van der Waals surface area (Å²) in [5.41, 5.74) is 1.58. The quantitative estimate of drug-likeness (QED) is 0.803. The number of methoxy groups -OCH3 is 1. The third kappa shape index (κ3) is 4.81. The molecule has 0 radical (unpaired) electrons. The number of carbonyl (C=O) groups is 1. The summed E-state index contributed by atoms with van der Waals surface area (Å²) in [5, 5.41) is 2.61. The van der Waals surface area contributed by atoms with Crippen LogP contribution < -0.4 is 14.8 Å². The standard InChI is InChI=1S/C17H20N2O4S/c1-3-13-7-9-16(10-8-13)24(21,22)18-12-17(20)19-14-5-4-6-15(11-14)23-2/h4-11,18H,3,12H2,1-2H3,(H,19,20). The van der Waals surface area contributed by atoms with Gasteiger partial charge in [0.25, 0.3) is 0 Å². The second-order valence-corrected chi connectivity index (χ2v) is 6.87. The van der Waals surface area contributed by atoms with Crippen LogP contribution >= 0.6 is 0 Å². The van der Waals surface area contributed by atoms with Crippen LogP contribution in [0, 0.1) is 0 Å². The molecule has 0 bridgehead atoms. The van der Waals surface area contributed by atoms with E-state index in [0.29, 0.717) is 11.4 Å². The van der Waals surface area contributed by atoms with E-state index in [1.165, 1.54) is 19.2 Å². The fourth-order valence-corrected chi connectivity index (χ4v) is 3.04. The first-order chi connectivity index (χ1) is 11.4. The molecule has 2 N–H and O–H groups in total. The zero-order chi connectivity index (χ0) is 17.6. The molecule has 2 aromatic carbocycles. The summed E-state index contributed by atoms with van der Waals surface area (Å²) in [4.78, 5) is 12.0. The third-order valence-electron chi connectivity index (χ3n) is 3.42. The van der Waals surface area contributed by atoms with Crippen molar-refractivity contribution in [3.05, 3.63) is 54.1 Å². The average molecular weight is 348 g/mol. The molecule has 0 unspecified atom stereocenters. The van der Waals surface area contributed by atoms with Crippen LogP contribution in [0.2, 0.25) is 0 Å². The van der Waals surface area contributed by atoms with Crippen LogP contribution in [0.3, 0.4) is 0 Å². The molecule has 128 valence electrons. The van der Waals surface area contributed by atoms with E-state index in [1.807, 2.05) is 6.92 Å². The number of hydrogen-bond donors (Lipinski definition) is 2. The fourth-order valence-electron chi connectivity index (χ4n) is 2.05. The van der Waals surface area contributed by atoms with Crippen LogP contribution in [0.25, 0.3) is 0 Å². The van der Waals surface area contributed by atoms with Gasteiger partial charge in [-0.25, -0.2) is 13.1 Å². The van der Waals surface area contributed by atoms with E-state index in [0.717, 1.165) is 12.0 Å². The number of carbonyl (C=O) groups excluding carboxylic acids is 1. The minimum Gasteiger partial charge on any atom is -0.497 e. The Bertz CT molecular complexity index is 802. The normalized spacial score (nSPS) is 11.1. The Kier molecular flexibility index (Phi) is 5.94. The summed E-state index contributed by atoms with van der Waals surface area (Å²) >= 11 is 0. The lowest BCUT2D eigenvalue weighted by Crippen LogP contribution is -2.32. The van der Waals surface area contributed by atoms with Crippen molar-refractivity contribution in [3.63, 3.8) is 0 Å². The number of nitrogens with one attached hydrogen (secondary N) is 2. The molecule has 0 spiro atoms. The topological polar surface area (TPSA) is 84.5 Å². The molecular formula is C17H20N2O4S. The first kappa shape index (κ1) is 18.0. The molecule has 0 saturated carbocycles. The SMILES string of the molecule is CCc1ccc(S(=O)(=O)NCC(=O)Nc2cccc(OC)c2)cc1. The summed E-state index contributed by atoms with van der Waals surface area (Å²) in [6.07, 6.45) is 0.830. The maximum atomic E-state index is 12.2. The zero-order valence-electron chi connectivity index (χ0n) is 13.6. The minimum atomic E-state index is -3.72. The molecule has 1 amide bonds. The van der Waals surface area contributed by atoms with Gasteiger partial charge in [-0.15, -0.1) is 0 Å². The first-order valence-electron chi connectivity index (χ1n) is 7.47. The second-order valence-electron chi connectivity index (χ2n) is 5.10. The summed E-state index contributed by atoms with van der Waals surface area (Å²) in [6, 6.07) is 13.4. The molecule has 0 aliphatic rings. The van der Waals surface area contributed by atoms with E-state index in [1.54, 1.807) is 36.4 Å². The number of amides is 1. The molecular weight excluding hydrogens is 328 g/mol. The number of ether oxygens (including phenoxy) is 1. The number of sulfonamides is 1. The fraction of sp³-hybridized carbons (Fsp3) is 0.235. The molecule has 0 fully saturated rings. The number of aryl methyl sites for hydroxylation is 1. The van der Waals surface area contributed by atoms with Crippen molar-refractivity contribution in [1.29, 1.82) is 0 Å². The van der Waals surface area contributed by atoms with Crippen LogP contribution in [0.4, 0.5) is 5.69 Å². The molecule has 0 aliphatic carbocycles. The number of anilines is 1. The van der Waals surface area contributed by atoms with Gasteiger partial charge in [0, 0.05) is 11.8 Å². The lowest BCUT2D eigenvalue weighted by molar-refractivity contribution is -0.115. The summed E-state index contributed by atoms with van der Waals surface area (Å²) in [5.74, 6) is 0.140. The summed E-state index contributed by atoms with van der Waals surface area (Å²) in [6.45, 7) is 1.64. The molecule has 0 aromatic heterocycles. The number of rotatable bonds is 7. The van der Waals surface area contributed by atoms with Crippen molar-refractivity contribution in [2.75, 3.05) is 19.0 Å². The highest BCUT2D eigenvalue weighted by Gasteiger charge is 2.15. The van der Waals surface area contributed by atoms with Crippen LogP contribution in [0.15, 0.2) is 53.4 Å². The number of hydrogen-bond acceptors (Lipinski definition) is 4. The predicted octanol–water partition coefficient (Wildman–Crippen LogP) is 2.17. The molecule has 0 heterocycles. The molecule has 2 rings (SSSR count). The molecule has 0 saturated heterocycles. The van der Waals surface area contributed by atoms with Crippen LogP contribution in [0.1, 0.15) is 12.5 Å². The van der Waals surface area contributed by atoms with Gasteiger partial charge < -0.3 is 10.1 Å². The van der Waals surface area contributed by atoms with Crippen molar-refractivity contribution in [1.82, 2.24) is 4.72 Å². The predicted molar refractivity (Wildman–Crippen MR) is 92.6 cm³/mol. The maximum absolute atomic E-state index is 12.2. The Morgan fingerprint density at radius 2 is 1.83 bits per heavy atom. The highest BCUT2D eigenvalue weighted by Crippen LogP contribution is 2.16. The van der Waals surface area contributed by atoms with Crippen molar-refractivity contribution in [2.45, 2.75) is 18.2 Å². The number of benzene rings is 2. The van der Waals surface area contributed by atoms with Crippen molar-refractivity contribution < 1.29 is 17.9 Å². The molecule has 0 atom stereocenters. The minimum absolute atomic E-state index is 0.133. The van der Waals surface area contributed by atoms with Gasteiger partial charge in [0.05, 0.1) is 18.6 Å². The Morgan fingerprint density at radius 1 is 1.12 bits per heavy atom. The molecule has 6 nitrogen and oxygen atoms in total. The third-order valence-corrected chi connectivity index (χ3v) is 4.84. The summed E-state index contributed by atoms with van der Waals surface area (Å²) < 4.78 is 31.7. The highest BCUT2D eigenvalue weighted by molar-refractivity contribution is 7.89. The summed E-state index contributed by atoms with van der Waals surface area (Å²) in [7, 11) is -2.19. The zero-order valence-corrected chi connectivity index (χ0v) is 14.4. The smallest absolute Gasteiger partial charge is 0.241 e. The van der Waals surface area contributed by atoms with Crippen LogP contribution in [-0.2, 0) is 21.2 Å². The van der Waals surface area contributed by atoms with Gasteiger partial charge in [0.1, 0.15) is 5.75 Å². The van der Waals surface area contributed by atoms with Gasteiger partial charge >= 0.3 is 0 Å². The van der Waals surface area contributed by atoms with Crippen molar-refractivity contribution >= 4 is 21.6 Å². The van der Waals surface area contributed by atoms with Gasteiger partial charge in [-0.3, -0.25) is 4.79 Å². The van der Waals surface area contributed by atoms with E-state index >= 15 is 0 Å². The van der Waals surface area contributed by atoms with E-state index in [9.17, 15) is 13.2 Å². The largest absolute Gasteiger partial charge is 0.497 e. The van der Waals surface area contributed by atoms with E-state index < -0.39 is 15.9 Å². The maximum Gasteiger partial charge on any atom is 0.241 e. The second kappa shape index (κ2) is 7.94. The molecule has 2 aromatic rings. The lowest BCUT2D eigenvalue weighted by Gasteiger charge is -2.09. The van der Waals surface area contributed by atoms with Gasteiger partial charge in [0.15, 0.2) is 0 Å².